The normalized spacial score (nSPS) is 20.5. The maximum Gasteiger partial charge on any atom is 0.208 e. The number of hydrogen-bond acceptors (Lipinski definition) is 10. The molecule has 1 aliphatic heterocycles. The predicted octanol–water partition coefficient (Wildman–Crippen LogP) is 7.77. The number of aryl methyl sites for hydroxylation is 1. The molecule has 2 aliphatic carbocycles. The van der Waals surface area contributed by atoms with Gasteiger partial charge in [-0.15, -0.1) is 0 Å². The Kier molecular flexibility index (Phi) is 6.50. The van der Waals surface area contributed by atoms with Crippen LogP contribution >= 0.6 is 0 Å². The van der Waals surface area contributed by atoms with Crippen LogP contribution in [0, 0.1) is 6.92 Å². The number of nitrogens with zero attached hydrogens (tertiary/aromatic N) is 3. The molecule has 0 bridgehead atoms. The van der Waals surface area contributed by atoms with Gasteiger partial charge in [-0.3, -0.25) is 0 Å². The molecular weight excluding hydrogens is 634 g/mol. The van der Waals surface area contributed by atoms with Crippen LogP contribution in [0.3, 0.4) is 0 Å². The topological polar surface area (TPSA) is 162 Å². The number of allylic oxidation sites excluding steroid dienone is 6. The first-order chi connectivity index (χ1) is 24.3. The number of hydrogen-bond donors (Lipinski definition) is 5. The summed E-state index contributed by atoms with van der Waals surface area (Å²) in [6, 6.07) is 19.9. The molecule has 0 radical (unpaired) electrons. The summed E-state index contributed by atoms with van der Waals surface area (Å²) in [6.45, 7) is 2.04. The van der Waals surface area contributed by atoms with Crippen molar-refractivity contribution in [3.05, 3.63) is 132 Å². The van der Waals surface area contributed by atoms with Gasteiger partial charge in [0.2, 0.25) is 17.2 Å². The Morgan fingerprint density at radius 3 is 2.18 bits per heavy atom. The summed E-state index contributed by atoms with van der Waals surface area (Å²) >= 11 is 0. The fourth-order valence-electron chi connectivity index (χ4n) is 7.28. The SMILES string of the molecule is Cc1ccc2oc3cccc(C4C=CC=CC4c4nc(C5=CC6Oc7ccccc7C6C=C5)nc(-c5c(O)c(O)c(O)c(O)c5O)n4)c3c2c1. The van der Waals surface area contributed by atoms with Gasteiger partial charge in [0.05, 0.1) is 0 Å². The van der Waals surface area contributed by atoms with Crippen molar-refractivity contribution in [1.29, 1.82) is 0 Å². The lowest BCUT2D eigenvalue weighted by Crippen LogP contribution is -2.19. The van der Waals surface area contributed by atoms with Crippen molar-refractivity contribution in [2.45, 2.75) is 30.8 Å². The summed E-state index contributed by atoms with van der Waals surface area (Å²) in [5.41, 5.74) is 4.83. The maximum absolute atomic E-state index is 10.9. The second kappa shape index (κ2) is 11.0. The van der Waals surface area contributed by atoms with E-state index in [2.05, 4.69) is 23.2 Å². The third-order valence-electron chi connectivity index (χ3n) is 9.70. The van der Waals surface area contributed by atoms with Gasteiger partial charge in [0.25, 0.3) is 0 Å². The highest BCUT2D eigenvalue weighted by Crippen LogP contribution is 2.54. The Bertz CT molecular complexity index is 2500. The third-order valence-corrected chi connectivity index (χ3v) is 9.70. The van der Waals surface area contributed by atoms with Crippen molar-refractivity contribution in [3.8, 4) is 45.9 Å². The average Bonchev–Trinajstić information content (AvgIpc) is 3.71. The molecule has 0 saturated heterocycles. The van der Waals surface area contributed by atoms with Gasteiger partial charge >= 0.3 is 0 Å². The van der Waals surface area contributed by atoms with E-state index >= 15 is 0 Å². The van der Waals surface area contributed by atoms with E-state index in [1.807, 2.05) is 91.9 Å². The summed E-state index contributed by atoms with van der Waals surface area (Å²) in [7, 11) is 0. The van der Waals surface area contributed by atoms with Crippen molar-refractivity contribution in [2.24, 2.45) is 0 Å². The molecule has 3 aliphatic rings. The van der Waals surface area contributed by atoms with E-state index < -0.39 is 40.2 Å². The lowest BCUT2D eigenvalue weighted by atomic mass is 9.80. The van der Waals surface area contributed by atoms with E-state index in [0.29, 0.717) is 11.4 Å². The molecule has 10 heteroatoms. The number of phenolic OH excluding ortho intramolecular Hbond substituents is 5. The van der Waals surface area contributed by atoms with Gasteiger partial charge in [-0.2, -0.15) is 0 Å². The second-order valence-electron chi connectivity index (χ2n) is 12.7. The van der Waals surface area contributed by atoms with Crippen molar-refractivity contribution in [2.75, 3.05) is 0 Å². The highest BCUT2D eigenvalue weighted by molar-refractivity contribution is 6.07. The van der Waals surface area contributed by atoms with Gasteiger partial charge in [-0.25, -0.2) is 15.0 Å². The van der Waals surface area contributed by atoms with E-state index in [9.17, 15) is 25.5 Å². The fourth-order valence-corrected chi connectivity index (χ4v) is 7.28. The molecule has 0 spiro atoms. The van der Waals surface area contributed by atoms with Crippen LogP contribution in [0.2, 0.25) is 0 Å². The number of rotatable bonds is 4. The van der Waals surface area contributed by atoms with Gasteiger partial charge in [0, 0.05) is 39.7 Å². The Balaban J connectivity index is 1.23. The van der Waals surface area contributed by atoms with Crippen LogP contribution < -0.4 is 4.74 Å². The second-order valence-corrected chi connectivity index (χ2v) is 12.7. The largest absolute Gasteiger partial charge is 0.504 e. The van der Waals surface area contributed by atoms with Crippen LogP contribution in [0.15, 0.2) is 108 Å². The summed E-state index contributed by atoms with van der Waals surface area (Å²) in [5, 5.41) is 54.9. The fraction of sp³-hybridized carbons (Fsp3) is 0.125. The molecule has 9 rings (SSSR count). The third kappa shape index (κ3) is 4.45. The Hall–Kier alpha value is -6.55. The van der Waals surface area contributed by atoms with Crippen molar-refractivity contribution in [3.63, 3.8) is 0 Å². The monoisotopic (exact) mass is 663 g/mol. The minimum Gasteiger partial charge on any atom is -0.504 e. The van der Waals surface area contributed by atoms with Gasteiger partial charge in [0.15, 0.2) is 23.1 Å². The number of phenols is 5. The van der Waals surface area contributed by atoms with Crippen LogP contribution in [-0.4, -0.2) is 46.6 Å². The average molecular weight is 664 g/mol. The molecule has 10 nitrogen and oxygen atoms in total. The standard InChI is InChI=1S/C40H29N3O7/c1-19-13-16-28-26(17-19)31-24(10-6-12-29(31)49-28)21-7-2-3-9-25(21)39-41-38(20-14-15-23-22-8-4-5-11-27(22)50-30(23)18-20)42-40(43-39)32-33(44)35(46)37(48)36(47)34(32)45/h2-18,21,23,25,30,44-48H,1H3. The van der Waals surface area contributed by atoms with Crippen LogP contribution in [0.1, 0.15) is 46.1 Å². The highest BCUT2D eigenvalue weighted by atomic mass is 16.5. The smallest absolute Gasteiger partial charge is 0.208 e. The number of fused-ring (bicyclic) bond motifs is 6. The molecule has 246 valence electrons. The van der Waals surface area contributed by atoms with E-state index in [1.165, 1.54) is 0 Å². The summed E-state index contributed by atoms with van der Waals surface area (Å²) in [4.78, 5) is 14.3. The Morgan fingerprint density at radius 2 is 1.36 bits per heavy atom. The molecule has 3 heterocycles. The molecule has 50 heavy (non-hydrogen) atoms. The summed E-state index contributed by atoms with van der Waals surface area (Å²) in [6.07, 6.45) is 13.4. The molecular formula is C40H29N3O7. The van der Waals surface area contributed by atoms with Crippen molar-refractivity contribution < 1.29 is 34.7 Å². The van der Waals surface area contributed by atoms with Crippen LogP contribution in [0.4, 0.5) is 0 Å². The Labute approximate surface area is 284 Å². The first-order valence-electron chi connectivity index (χ1n) is 16.1. The van der Waals surface area contributed by atoms with Gasteiger partial charge in [-0.1, -0.05) is 78.4 Å². The zero-order valence-corrected chi connectivity index (χ0v) is 26.5. The molecule has 2 aromatic heterocycles. The number of benzene rings is 4. The number of aromatic nitrogens is 3. The first-order valence-corrected chi connectivity index (χ1v) is 16.1. The Morgan fingerprint density at radius 1 is 0.640 bits per heavy atom. The molecule has 4 atom stereocenters. The number of furan rings is 1. The minimum atomic E-state index is -1.07. The van der Waals surface area contributed by atoms with Crippen LogP contribution in [0.5, 0.6) is 34.5 Å². The molecule has 0 fully saturated rings. The summed E-state index contributed by atoms with van der Waals surface area (Å²) in [5.74, 6) is -4.56. The molecule has 4 unspecified atom stereocenters. The molecule has 0 amide bonds. The maximum atomic E-state index is 10.9. The first kappa shape index (κ1) is 29.6. The molecule has 4 aromatic carbocycles. The van der Waals surface area contributed by atoms with Gasteiger partial charge < -0.3 is 34.7 Å². The molecule has 0 saturated carbocycles. The highest BCUT2D eigenvalue weighted by Gasteiger charge is 2.35. The summed E-state index contributed by atoms with van der Waals surface area (Å²) < 4.78 is 12.5. The zero-order chi connectivity index (χ0) is 34.3. The number of para-hydroxylation sites is 1. The zero-order valence-electron chi connectivity index (χ0n) is 26.5. The van der Waals surface area contributed by atoms with E-state index in [0.717, 1.165) is 44.4 Å². The molecule has 6 aromatic rings. The quantitative estimate of drug-likeness (QED) is 0.0931. The van der Waals surface area contributed by atoms with E-state index in [-0.39, 0.29) is 29.6 Å². The number of ether oxygens (including phenoxy) is 1. The lowest BCUT2D eigenvalue weighted by molar-refractivity contribution is 0.269. The predicted molar refractivity (Wildman–Crippen MR) is 187 cm³/mol. The van der Waals surface area contributed by atoms with E-state index in [1.54, 1.807) is 0 Å². The van der Waals surface area contributed by atoms with Crippen molar-refractivity contribution >= 4 is 27.5 Å². The van der Waals surface area contributed by atoms with Crippen LogP contribution in [-0.2, 0) is 0 Å². The van der Waals surface area contributed by atoms with Crippen LogP contribution in [0.25, 0.3) is 38.9 Å². The van der Waals surface area contributed by atoms with Gasteiger partial charge in [-0.05, 0) is 42.8 Å². The lowest BCUT2D eigenvalue weighted by Gasteiger charge is -2.25. The van der Waals surface area contributed by atoms with E-state index in [4.69, 9.17) is 19.1 Å². The minimum absolute atomic E-state index is 0.000450. The molecule has 5 N–H and O–H groups in total. The van der Waals surface area contributed by atoms with Gasteiger partial charge in [0.1, 0.15) is 34.4 Å². The van der Waals surface area contributed by atoms with Crippen molar-refractivity contribution in [1.82, 2.24) is 15.0 Å². The number of aromatic hydroxyl groups is 5.